The van der Waals surface area contributed by atoms with E-state index in [0.717, 1.165) is 24.4 Å². The van der Waals surface area contributed by atoms with Crippen LogP contribution in [-0.4, -0.2) is 24.5 Å². The van der Waals surface area contributed by atoms with Crippen molar-refractivity contribution in [1.82, 2.24) is 4.98 Å². The zero-order valence-corrected chi connectivity index (χ0v) is 15.7. The third kappa shape index (κ3) is 5.46. The topological polar surface area (TPSA) is 63.2 Å². The first-order valence-corrected chi connectivity index (χ1v) is 8.91. The largest absolute Gasteiger partial charge is 0.497 e. The van der Waals surface area contributed by atoms with E-state index in [-0.39, 0.29) is 5.91 Å². The van der Waals surface area contributed by atoms with Crippen molar-refractivity contribution in [2.24, 2.45) is 0 Å². The third-order valence-electron chi connectivity index (χ3n) is 3.97. The Hall–Kier alpha value is -3.05. The molecule has 2 N–H and O–H groups in total. The van der Waals surface area contributed by atoms with Gasteiger partial charge >= 0.3 is 0 Å². The van der Waals surface area contributed by atoms with Crippen LogP contribution in [0.15, 0.2) is 66.9 Å². The first kappa shape index (κ1) is 18.7. The molecule has 0 aliphatic carbocycles. The molecular weight excluding hydrogens is 362 g/mol. The van der Waals surface area contributed by atoms with E-state index in [1.165, 1.54) is 5.56 Å². The van der Waals surface area contributed by atoms with Crippen LogP contribution in [0.4, 0.5) is 11.5 Å². The van der Waals surface area contributed by atoms with Crippen LogP contribution < -0.4 is 15.4 Å². The van der Waals surface area contributed by atoms with E-state index in [0.29, 0.717) is 16.4 Å². The molecule has 0 spiro atoms. The zero-order valence-electron chi connectivity index (χ0n) is 14.9. The van der Waals surface area contributed by atoms with Gasteiger partial charge < -0.3 is 15.4 Å². The Labute approximate surface area is 163 Å². The molecular formula is C21H20ClN3O2. The minimum absolute atomic E-state index is 0.247. The number of rotatable bonds is 7. The second kappa shape index (κ2) is 9.05. The minimum atomic E-state index is -0.247. The molecule has 0 fully saturated rings. The van der Waals surface area contributed by atoms with Crippen molar-refractivity contribution in [1.29, 1.82) is 0 Å². The number of halogens is 1. The highest BCUT2D eigenvalue weighted by molar-refractivity contribution is 6.31. The van der Waals surface area contributed by atoms with Gasteiger partial charge in [-0.15, -0.1) is 0 Å². The molecule has 3 rings (SSSR count). The molecule has 0 aliphatic heterocycles. The molecule has 5 nitrogen and oxygen atoms in total. The van der Waals surface area contributed by atoms with Crippen LogP contribution in [0, 0.1) is 0 Å². The van der Waals surface area contributed by atoms with Crippen molar-refractivity contribution >= 4 is 29.0 Å². The summed E-state index contributed by atoms with van der Waals surface area (Å²) in [7, 11) is 1.66. The predicted octanol–water partition coefficient (Wildman–Crippen LogP) is 4.65. The Morgan fingerprint density at radius 2 is 1.96 bits per heavy atom. The number of nitrogens with one attached hydrogen (secondary N) is 2. The highest BCUT2D eigenvalue weighted by atomic mass is 35.5. The van der Waals surface area contributed by atoms with E-state index in [1.807, 2.05) is 24.3 Å². The monoisotopic (exact) mass is 381 g/mol. The van der Waals surface area contributed by atoms with Crippen LogP contribution in [0.2, 0.25) is 5.02 Å². The number of hydrogen-bond donors (Lipinski definition) is 2. The molecule has 2 aromatic carbocycles. The van der Waals surface area contributed by atoms with E-state index < -0.39 is 0 Å². The maximum absolute atomic E-state index is 12.2. The fraction of sp³-hybridized carbons (Fsp3) is 0.143. The Balaban J connectivity index is 1.51. The summed E-state index contributed by atoms with van der Waals surface area (Å²) in [6.45, 7) is 0.767. The van der Waals surface area contributed by atoms with Crippen molar-refractivity contribution in [2.45, 2.75) is 6.42 Å². The second-order valence-electron chi connectivity index (χ2n) is 5.92. The van der Waals surface area contributed by atoms with E-state index in [1.54, 1.807) is 43.6 Å². The first-order chi connectivity index (χ1) is 13.1. The molecule has 138 valence electrons. The van der Waals surface area contributed by atoms with Crippen LogP contribution in [0.1, 0.15) is 15.9 Å². The Kier molecular flexibility index (Phi) is 6.28. The van der Waals surface area contributed by atoms with Crippen LogP contribution in [0.25, 0.3) is 0 Å². The lowest BCUT2D eigenvalue weighted by molar-refractivity contribution is 0.102. The molecule has 6 heteroatoms. The number of pyridine rings is 1. The number of anilines is 2. The molecule has 27 heavy (non-hydrogen) atoms. The Morgan fingerprint density at radius 1 is 1.11 bits per heavy atom. The maximum atomic E-state index is 12.2. The van der Waals surface area contributed by atoms with Crippen molar-refractivity contribution in [3.8, 4) is 5.75 Å². The molecule has 0 saturated carbocycles. The van der Waals surface area contributed by atoms with Gasteiger partial charge in [0, 0.05) is 17.1 Å². The fourth-order valence-electron chi connectivity index (χ4n) is 2.57. The van der Waals surface area contributed by atoms with Gasteiger partial charge in [-0.2, -0.15) is 0 Å². The molecule has 0 aliphatic rings. The molecule has 0 unspecified atom stereocenters. The number of hydrogen-bond acceptors (Lipinski definition) is 4. The molecule has 1 amide bonds. The summed E-state index contributed by atoms with van der Waals surface area (Å²) in [5.74, 6) is 1.09. The minimum Gasteiger partial charge on any atom is -0.497 e. The van der Waals surface area contributed by atoms with Gasteiger partial charge in [0.1, 0.15) is 11.6 Å². The second-order valence-corrected chi connectivity index (χ2v) is 6.36. The molecule has 0 atom stereocenters. The highest BCUT2D eigenvalue weighted by Gasteiger charge is 2.07. The lowest BCUT2D eigenvalue weighted by Crippen LogP contribution is -2.13. The van der Waals surface area contributed by atoms with Gasteiger partial charge in [-0.05, 0) is 54.4 Å². The quantitative estimate of drug-likeness (QED) is 0.625. The van der Waals surface area contributed by atoms with Gasteiger partial charge in [-0.3, -0.25) is 4.79 Å². The highest BCUT2D eigenvalue weighted by Crippen LogP contribution is 2.15. The summed E-state index contributed by atoms with van der Waals surface area (Å²) in [6, 6.07) is 18.4. The fourth-order valence-corrected chi connectivity index (χ4v) is 2.76. The average molecular weight is 382 g/mol. The average Bonchev–Trinajstić information content (AvgIpc) is 2.69. The SMILES string of the molecule is COc1cccc(CCNc2ccc(NC(=O)c3cccc(Cl)c3)nc2)c1. The van der Waals surface area contributed by atoms with Crippen molar-refractivity contribution < 1.29 is 9.53 Å². The number of amides is 1. The van der Waals surface area contributed by atoms with Gasteiger partial charge in [-0.25, -0.2) is 4.98 Å². The van der Waals surface area contributed by atoms with E-state index in [2.05, 4.69) is 21.7 Å². The summed E-state index contributed by atoms with van der Waals surface area (Å²) in [6.07, 6.45) is 2.56. The molecule has 0 bridgehead atoms. The lowest BCUT2D eigenvalue weighted by Gasteiger charge is -2.09. The molecule has 1 aromatic heterocycles. The smallest absolute Gasteiger partial charge is 0.256 e. The summed E-state index contributed by atoms with van der Waals surface area (Å²) in [4.78, 5) is 16.5. The summed E-state index contributed by atoms with van der Waals surface area (Å²) in [5.41, 5.74) is 2.57. The lowest BCUT2D eigenvalue weighted by atomic mass is 10.1. The van der Waals surface area contributed by atoms with Crippen LogP contribution in [0.3, 0.4) is 0 Å². The Morgan fingerprint density at radius 3 is 2.70 bits per heavy atom. The van der Waals surface area contributed by atoms with Crippen LogP contribution in [-0.2, 0) is 6.42 Å². The van der Waals surface area contributed by atoms with Gasteiger partial charge in [0.2, 0.25) is 0 Å². The van der Waals surface area contributed by atoms with Crippen molar-refractivity contribution in [2.75, 3.05) is 24.3 Å². The number of carbonyl (C=O) groups excluding carboxylic acids is 1. The molecule has 1 heterocycles. The summed E-state index contributed by atoms with van der Waals surface area (Å²) < 4.78 is 5.23. The maximum Gasteiger partial charge on any atom is 0.256 e. The van der Waals surface area contributed by atoms with Crippen molar-refractivity contribution in [3.05, 3.63) is 83.0 Å². The van der Waals surface area contributed by atoms with E-state index in [9.17, 15) is 4.79 Å². The zero-order chi connectivity index (χ0) is 19.1. The van der Waals surface area contributed by atoms with E-state index >= 15 is 0 Å². The third-order valence-corrected chi connectivity index (χ3v) is 4.20. The van der Waals surface area contributed by atoms with Gasteiger partial charge in [-0.1, -0.05) is 29.8 Å². The molecule has 0 saturated heterocycles. The number of methoxy groups -OCH3 is 1. The first-order valence-electron chi connectivity index (χ1n) is 8.54. The van der Waals surface area contributed by atoms with Gasteiger partial charge in [0.05, 0.1) is 19.0 Å². The normalized spacial score (nSPS) is 10.3. The standard InChI is InChI=1S/C21H20ClN3O2/c1-27-19-7-2-4-15(12-19)10-11-23-18-8-9-20(24-14-18)25-21(26)16-5-3-6-17(22)13-16/h2-9,12-14,23H,10-11H2,1H3,(H,24,25,26). The number of benzene rings is 2. The van der Waals surface area contributed by atoms with Crippen LogP contribution in [0.5, 0.6) is 5.75 Å². The summed E-state index contributed by atoms with van der Waals surface area (Å²) >= 11 is 5.91. The predicted molar refractivity (Wildman–Crippen MR) is 109 cm³/mol. The van der Waals surface area contributed by atoms with E-state index in [4.69, 9.17) is 16.3 Å². The van der Waals surface area contributed by atoms with Crippen molar-refractivity contribution in [3.63, 3.8) is 0 Å². The van der Waals surface area contributed by atoms with Gasteiger partial charge in [0.15, 0.2) is 0 Å². The number of nitrogens with zero attached hydrogens (tertiary/aromatic N) is 1. The molecule has 3 aromatic rings. The number of aromatic nitrogens is 1. The summed E-state index contributed by atoms with van der Waals surface area (Å²) in [5, 5.41) is 6.59. The number of carbonyl (C=O) groups is 1. The van der Waals surface area contributed by atoms with Gasteiger partial charge in [0.25, 0.3) is 5.91 Å². The number of ether oxygens (including phenoxy) is 1. The van der Waals surface area contributed by atoms with Crippen LogP contribution >= 0.6 is 11.6 Å². The molecule has 0 radical (unpaired) electrons. The Bertz CT molecular complexity index is 913.